The van der Waals surface area contributed by atoms with E-state index < -0.39 is 10.8 Å². The van der Waals surface area contributed by atoms with Gasteiger partial charge < -0.3 is 15.0 Å². The number of likely N-dealkylation sites (tertiary alicyclic amines) is 1. The zero-order valence-corrected chi connectivity index (χ0v) is 12.3. The van der Waals surface area contributed by atoms with Crippen LogP contribution in [0.25, 0.3) is 0 Å². The summed E-state index contributed by atoms with van der Waals surface area (Å²) in [4.78, 5) is 13.3. The molecular formula is C12H24N2O3S. The molecule has 0 saturated carbocycles. The first-order chi connectivity index (χ1) is 8.52. The topological polar surface area (TPSA) is 58.6 Å². The molecule has 1 aliphatic rings. The molecule has 0 aromatic rings. The molecule has 1 N–H and O–H groups in total. The van der Waals surface area contributed by atoms with Gasteiger partial charge in [0.1, 0.15) is 0 Å². The van der Waals surface area contributed by atoms with Crippen molar-refractivity contribution < 1.29 is 13.7 Å². The molecule has 1 heterocycles. The predicted molar refractivity (Wildman–Crippen MR) is 73.1 cm³/mol. The second kappa shape index (κ2) is 7.74. The fourth-order valence-corrected chi connectivity index (χ4v) is 3.05. The van der Waals surface area contributed by atoms with E-state index in [1.807, 2.05) is 6.92 Å². The van der Waals surface area contributed by atoms with Gasteiger partial charge in [0, 0.05) is 48.0 Å². The SMILES string of the molecule is CCOC(=O)N1CCC(NC(C)CS(C)=O)CC1. The fourth-order valence-electron chi connectivity index (χ4n) is 2.25. The van der Waals surface area contributed by atoms with Crippen LogP contribution >= 0.6 is 0 Å². The van der Waals surface area contributed by atoms with Crippen molar-refractivity contribution in [2.45, 2.75) is 38.8 Å². The predicted octanol–water partition coefficient (Wildman–Crippen LogP) is 0.964. The molecule has 1 aliphatic heterocycles. The quantitative estimate of drug-likeness (QED) is 0.813. The van der Waals surface area contributed by atoms with Crippen molar-refractivity contribution in [3.8, 4) is 0 Å². The van der Waals surface area contributed by atoms with Crippen LogP contribution in [-0.2, 0) is 15.5 Å². The first-order valence-corrected chi connectivity index (χ1v) is 8.23. The Labute approximate surface area is 112 Å². The average Bonchev–Trinajstić information content (AvgIpc) is 2.29. The normalized spacial score (nSPS) is 20.5. The maximum atomic E-state index is 11.5. The van der Waals surface area contributed by atoms with Crippen molar-refractivity contribution in [1.29, 1.82) is 0 Å². The van der Waals surface area contributed by atoms with Gasteiger partial charge in [0.05, 0.1) is 6.61 Å². The van der Waals surface area contributed by atoms with E-state index in [4.69, 9.17) is 4.74 Å². The number of nitrogens with zero attached hydrogens (tertiary/aromatic N) is 1. The number of carbonyl (C=O) groups excluding carboxylic acids is 1. The number of rotatable bonds is 5. The van der Waals surface area contributed by atoms with Crippen molar-refractivity contribution in [2.24, 2.45) is 0 Å². The summed E-state index contributed by atoms with van der Waals surface area (Å²) in [6, 6.07) is 0.671. The van der Waals surface area contributed by atoms with Crippen molar-refractivity contribution in [3.63, 3.8) is 0 Å². The maximum Gasteiger partial charge on any atom is 0.409 e. The van der Waals surface area contributed by atoms with E-state index in [0.717, 1.165) is 25.9 Å². The van der Waals surface area contributed by atoms with E-state index in [1.165, 1.54) is 0 Å². The molecular weight excluding hydrogens is 252 g/mol. The Morgan fingerprint density at radius 2 is 2.11 bits per heavy atom. The second-order valence-corrected chi connectivity index (χ2v) is 6.25. The summed E-state index contributed by atoms with van der Waals surface area (Å²) in [5, 5.41) is 3.47. The van der Waals surface area contributed by atoms with Crippen LogP contribution in [0.3, 0.4) is 0 Å². The lowest BCUT2D eigenvalue weighted by Crippen LogP contribution is -2.48. The van der Waals surface area contributed by atoms with Crippen LogP contribution in [0, 0.1) is 0 Å². The molecule has 1 saturated heterocycles. The standard InChI is InChI=1S/C12H24N2O3S/c1-4-17-12(15)14-7-5-11(6-8-14)13-10(2)9-18(3)16/h10-11,13H,4-9H2,1-3H3. The Morgan fingerprint density at radius 3 is 2.61 bits per heavy atom. The van der Waals surface area contributed by atoms with Crippen LogP contribution in [0.1, 0.15) is 26.7 Å². The Balaban J connectivity index is 2.26. The molecule has 0 aliphatic carbocycles. The van der Waals surface area contributed by atoms with Gasteiger partial charge in [-0.2, -0.15) is 0 Å². The van der Waals surface area contributed by atoms with E-state index in [-0.39, 0.29) is 12.1 Å². The van der Waals surface area contributed by atoms with E-state index in [9.17, 15) is 9.00 Å². The molecule has 0 radical (unpaired) electrons. The lowest BCUT2D eigenvalue weighted by molar-refractivity contribution is 0.0946. The minimum Gasteiger partial charge on any atom is -0.450 e. The lowest BCUT2D eigenvalue weighted by Gasteiger charge is -2.33. The maximum absolute atomic E-state index is 11.5. The Morgan fingerprint density at radius 1 is 1.50 bits per heavy atom. The summed E-state index contributed by atoms with van der Waals surface area (Å²) in [5.74, 6) is 0.679. The van der Waals surface area contributed by atoms with Crippen molar-refractivity contribution in [3.05, 3.63) is 0 Å². The minimum absolute atomic E-state index is 0.210. The molecule has 0 aromatic carbocycles. The lowest BCUT2D eigenvalue weighted by atomic mass is 10.0. The highest BCUT2D eigenvalue weighted by Crippen LogP contribution is 2.12. The van der Waals surface area contributed by atoms with E-state index in [2.05, 4.69) is 12.2 Å². The van der Waals surface area contributed by atoms with Gasteiger partial charge in [-0.05, 0) is 26.7 Å². The summed E-state index contributed by atoms with van der Waals surface area (Å²) < 4.78 is 16.1. The Bertz CT molecular complexity index is 291. The van der Waals surface area contributed by atoms with Gasteiger partial charge in [-0.3, -0.25) is 4.21 Å². The smallest absolute Gasteiger partial charge is 0.409 e. The van der Waals surface area contributed by atoms with E-state index in [0.29, 0.717) is 18.4 Å². The Hall–Kier alpha value is -0.620. The third-order valence-electron chi connectivity index (χ3n) is 3.03. The zero-order valence-electron chi connectivity index (χ0n) is 11.5. The third kappa shape index (κ3) is 5.35. The van der Waals surface area contributed by atoms with Crippen LogP contribution in [0.4, 0.5) is 4.79 Å². The summed E-state index contributed by atoms with van der Waals surface area (Å²) >= 11 is 0. The van der Waals surface area contributed by atoms with Gasteiger partial charge in [0.25, 0.3) is 0 Å². The van der Waals surface area contributed by atoms with Gasteiger partial charge in [-0.1, -0.05) is 0 Å². The number of hydrogen-bond donors (Lipinski definition) is 1. The van der Waals surface area contributed by atoms with Crippen LogP contribution < -0.4 is 5.32 Å². The third-order valence-corrected chi connectivity index (χ3v) is 4.00. The molecule has 1 rings (SSSR count). The number of hydrogen-bond acceptors (Lipinski definition) is 4. The monoisotopic (exact) mass is 276 g/mol. The van der Waals surface area contributed by atoms with Gasteiger partial charge in [-0.25, -0.2) is 4.79 Å². The van der Waals surface area contributed by atoms with Crippen LogP contribution in [0.2, 0.25) is 0 Å². The van der Waals surface area contributed by atoms with Gasteiger partial charge in [0.2, 0.25) is 0 Å². The van der Waals surface area contributed by atoms with E-state index >= 15 is 0 Å². The molecule has 6 heteroatoms. The number of piperidine rings is 1. The number of carbonyl (C=O) groups is 1. The van der Waals surface area contributed by atoms with Crippen molar-refractivity contribution in [2.75, 3.05) is 31.7 Å². The number of amides is 1. The summed E-state index contributed by atoms with van der Waals surface area (Å²) in [6.45, 7) is 5.77. The largest absolute Gasteiger partial charge is 0.450 e. The highest BCUT2D eigenvalue weighted by Gasteiger charge is 2.24. The molecule has 2 atom stereocenters. The zero-order chi connectivity index (χ0) is 13.5. The van der Waals surface area contributed by atoms with E-state index in [1.54, 1.807) is 11.2 Å². The van der Waals surface area contributed by atoms with Crippen LogP contribution in [0.15, 0.2) is 0 Å². The van der Waals surface area contributed by atoms with Crippen molar-refractivity contribution in [1.82, 2.24) is 10.2 Å². The fraction of sp³-hybridized carbons (Fsp3) is 0.917. The average molecular weight is 276 g/mol. The van der Waals surface area contributed by atoms with Crippen molar-refractivity contribution >= 4 is 16.9 Å². The number of ether oxygens (including phenoxy) is 1. The van der Waals surface area contributed by atoms with Crippen LogP contribution in [0.5, 0.6) is 0 Å². The molecule has 106 valence electrons. The van der Waals surface area contributed by atoms with Gasteiger partial charge in [-0.15, -0.1) is 0 Å². The first kappa shape index (κ1) is 15.4. The Kier molecular flexibility index (Phi) is 6.63. The summed E-state index contributed by atoms with van der Waals surface area (Å²) in [7, 11) is -0.764. The number of nitrogens with one attached hydrogen (secondary N) is 1. The molecule has 0 bridgehead atoms. The molecule has 0 spiro atoms. The molecule has 0 aromatic heterocycles. The van der Waals surface area contributed by atoms with Gasteiger partial charge in [0.15, 0.2) is 0 Å². The second-order valence-electron chi connectivity index (χ2n) is 4.77. The summed E-state index contributed by atoms with van der Waals surface area (Å²) in [5.41, 5.74) is 0. The molecule has 1 fully saturated rings. The van der Waals surface area contributed by atoms with Crippen LogP contribution in [-0.4, -0.2) is 59.0 Å². The molecule has 1 amide bonds. The van der Waals surface area contributed by atoms with Gasteiger partial charge >= 0.3 is 6.09 Å². The first-order valence-electron chi connectivity index (χ1n) is 6.50. The highest BCUT2D eigenvalue weighted by atomic mass is 32.2. The summed E-state index contributed by atoms with van der Waals surface area (Å²) in [6.07, 6.45) is 3.37. The molecule has 5 nitrogen and oxygen atoms in total. The highest BCUT2D eigenvalue weighted by molar-refractivity contribution is 7.84. The molecule has 18 heavy (non-hydrogen) atoms. The molecule has 2 unspecified atom stereocenters. The minimum atomic E-state index is -0.764.